The molecule has 2 aliphatic rings. The molecule has 1 amide bonds. The second kappa shape index (κ2) is 4.99. The Hall–Kier alpha value is -2.16. The van der Waals surface area contributed by atoms with Gasteiger partial charge in [-0.05, 0) is 30.4 Å². The van der Waals surface area contributed by atoms with Crippen molar-refractivity contribution in [2.24, 2.45) is 5.92 Å². The second-order valence-electron chi connectivity index (χ2n) is 6.03. The lowest BCUT2D eigenvalue weighted by atomic mass is 9.85. The van der Waals surface area contributed by atoms with Gasteiger partial charge in [0.2, 0.25) is 5.91 Å². The number of pyridine rings is 1. The summed E-state index contributed by atoms with van der Waals surface area (Å²) in [4.78, 5) is 18.7. The molecule has 1 aliphatic heterocycles. The van der Waals surface area contributed by atoms with Gasteiger partial charge in [0.1, 0.15) is 0 Å². The predicted octanol–water partition coefficient (Wildman–Crippen LogP) is 3.44. The average Bonchev–Trinajstić information content (AvgIpc) is 2.78. The Morgan fingerprint density at radius 2 is 1.95 bits per heavy atom. The van der Waals surface area contributed by atoms with E-state index >= 15 is 0 Å². The Balaban J connectivity index is 1.68. The average molecular weight is 278 g/mol. The Morgan fingerprint density at radius 1 is 1.14 bits per heavy atom. The SMILES string of the molecule is O=C1Cc2ncc(-c3ccccc3)cc2N1CC1CCC1. The van der Waals surface area contributed by atoms with E-state index in [9.17, 15) is 4.79 Å². The van der Waals surface area contributed by atoms with E-state index in [0.29, 0.717) is 12.3 Å². The first-order valence-electron chi connectivity index (χ1n) is 7.66. The minimum atomic E-state index is 0.203. The standard InChI is InChI=1S/C18H18N2O/c21-18-10-16-17(20(18)12-13-5-4-6-13)9-15(11-19-16)14-7-2-1-3-8-14/h1-3,7-9,11,13H,4-6,10,12H2. The van der Waals surface area contributed by atoms with Crippen LogP contribution in [0.4, 0.5) is 5.69 Å². The van der Waals surface area contributed by atoms with E-state index in [1.807, 2.05) is 29.3 Å². The number of amides is 1. The quantitative estimate of drug-likeness (QED) is 0.861. The highest BCUT2D eigenvalue weighted by molar-refractivity contribution is 6.01. The summed E-state index contributed by atoms with van der Waals surface area (Å²) in [5, 5.41) is 0. The van der Waals surface area contributed by atoms with Gasteiger partial charge in [-0.2, -0.15) is 0 Å². The first-order valence-corrected chi connectivity index (χ1v) is 7.66. The highest BCUT2D eigenvalue weighted by Gasteiger charge is 2.32. The van der Waals surface area contributed by atoms with Crippen LogP contribution in [0.5, 0.6) is 0 Å². The molecule has 0 atom stereocenters. The number of anilines is 1. The molecule has 3 heteroatoms. The van der Waals surface area contributed by atoms with Crippen LogP contribution in [0.15, 0.2) is 42.6 Å². The second-order valence-corrected chi connectivity index (χ2v) is 6.03. The van der Waals surface area contributed by atoms with Crippen LogP contribution in [0.3, 0.4) is 0 Å². The molecule has 2 heterocycles. The van der Waals surface area contributed by atoms with Crippen molar-refractivity contribution in [1.29, 1.82) is 0 Å². The van der Waals surface area contributed by atoms with Gasteiger partial charge in [0.15, 0.2) is 0 Å². The number of aromatic nitrogens is 1. The van der Waals surface area contributed by atoms with Gasteiger partial charge in [-0.25, -0.2) is 0 Å². The number of rotatable bonds is 3. The minimum Gasteiger partial charge on any atom is -0.310 e. The van der Waals surface area contributed by atoms with Gasteiger partial charge in [0.05, 0.1) is 17.8 Å². The van der Waals surface area contributed by atoms with Crippen LogP contribution in [-0.2, 0) is 11.2 Å². The maximum absolute atomic E-state index is 12.2. The van der Waals surface area contributed by atoms with Gasteiger partial charge in [0.25, 0.3) is 0 Å². The number of hydrogen-bond acceptors (Lipinski definition) is 2. The zero-order chi connectivity index (χ0) is 14.2. The van der Waals surface area contributed by atoms with E-state index < -0.39 is 0 Å². The minimum absolute atomic E-state index is 0.203. The molecule has 2 aromatic rings. The Bertz CT molecular complexity index is 677. The topological polar surface area (TPSA) is 33.2 Å². The van der Waals surface area contributed by atoms with Crippen molar-refractivity contribution in [3.63, 3.8) is 0 Å². The number of nitrogens with zero attached hydrogens (tertiary/aromatic N) is 2. The summed E-state index contributed by atoms with van der Waals surface area (Å²) in [5.74, 6) is 0.884. The lowest BCUT2D eigenvalue weighted by molar-refractivity contribution is -0.117. The summed E-state index contributed by atoms with van der Waals surface area (Å²) in [7, 11) is 0. The molecule has 21 heavy (non-hydrogen) atoms. The summed E-state index contributed by atoms with van der Waals surface area (Å²) in [6.07, 6.45) is 6.16. The Kier molecular flexibility index (Phi) is 2.99. The van der Waals surface area contributed by atoms with E-state index in [1.165, 1.54) is 19.3 Å². The van der Waals surface area contributed by atoms with Crippen molar-refractivity contribution in [2.45, 2.75) is 25.7 Å². The molecule has 1 fully saturated rings. The van der Waals surface area contributed by atoms with E-state index in [2.05, 4.69) is 23.2 Å². The molecule has 0 spiro atoms. The fraction of sp³-hybridized carbons (Fsp3) is 0.333. The predicted molar refractivity (Wildman–Crippen MR) is 83.1 cm³/mol. The Labute approximate surface area is 124 Å². The van der Waals surface area contributed by atoms with Crippen LogP contribution in [0.25, 0.3) is 11.1 Å². The molecule has 1 aromatic heterocycles. The summed E-state index contributed by atoms with van der Waals surface area (Å²) in [6, 6.07) is 12.4. The summed E-state index contributed by atoms with van der Waals surface area (Å²) in [5.41, 5.74) is 4.19. The number of carbonyl (C=O) groups is 1. The van der Waals surface area contributed by atoms with E-state index in [-0.39, 0.29) is 5.91 Å². The zero-order valence-electron chi connectivity index (χ0n) is 12.0. The van der Waals surface area contributed by atoms with Gasteiger partial charge in [-0.3, -0.25) is 9.78 Å². The molecule has 1 aromatic carbocycles. The number of hydrogen-bond donors (Lipinski definition) is 0. The zero-order valence-corrected chi connectivity index (χ0v) is 12.0. The largest absolute Gasteiger partial charge is 0.310 e. The van der Waals surface area contributed by atoms with Crippen LogP contribution < -0.4 is 4.90 Å². The van der Waals surface area contributed by atoms with Gasteiger partial charge < -0.3 is 4.90 Å². The molecular formula is C18H18N2O. The molecule has 0 unspecified atom stereocenters. The molecule has 4 rings (SSSR count). The van der Waals surface area contributed by atoms with Crippen molar-refractivity contribution < 1.29 is 4.79 Å². The fourth-order valence-electron chi connectivity index (χ4n) is 3.15. The third kappa shape index (κ3) is 2.23. The molecule has 0 bridgehead atoms. The van der Waals surface area contributed by atoms with Crippen molar-refractivity contribution in [3.8, 4) is 11.1 Å². The first-order chi connectivity index (χ1) is 10.3. The normalized spacial score (nSPS) is 17.7. The van der Waals surface area contributed by atoms with Gasteiger partial charge in [-0.15, -0.1) is 0 Å². The van der Waals surface area contributed by atoms with E-state index in [1.54, 1.807) is 0 Å². The molecule has 106 valence electrons. The highest BCUT2D eigenvalue weighted by atomic mass is 16.2. The lowest BCUT2D eigenvalue weighted by Gasteiger charge is -2.30. The van der Waals surface area contributed by atoms with Crippen molar-refractivity contribution >= 4 is 11.6 Å². The molecule has 1 saturated carbocycles. The van der Waals surface area contributed by atoms with Crippen LogP contribution in [0.1, 0.15) is 25.0 Å². The lowest BCUT2D eigenvalue weighted by Crippen LogP contribution is -2.34. The van der Waals surface area contributed by atoms with Crippen LogP contribution in [0.2, 0.25) is 0 Å². The van der Waals surface area contributed by atoms with Crippen LogP contribution in [0, 0.1) is 5.92 Å². The highest BCUT2D eigenvalue weighted by Crippen LogP contribution is 2.35. The molecule has 1 aliphatic carbocycles. The maximum atomic E-state index is 12.2. The molecule has 0 N–H and O–H groups in total. The van der Waals surface area contributed by atoms with Crippen molar-refractivity contribution in [3.05, 3.63) is 48.3 Å². The Morgan fingerprint density at radius 3 is 2.67 bits per heavy atom. The van der Waals surface area contributed by atoms with E-state index in [4.69, 9.17) is 0 Å². The smallest absolute Gasteiger partial charge is 0.233 e. The van der Waals surface area contributed by atoms with Gasteiger partial charge in [0, 0.05) is 18.3 Å². The third-order valence-corrected chi connectivity index (χ3v) is 4.63. The number of carbonyl (C=O) groups excluding carboxylic acids is 1. The van der Waals surface area contributed by atoms with E-state index in [0.717, 1.165) is 29.1 Å². The van der Waals surface area contributed by atoms with Crippen molar-refractivity contribution in [1.82, 2.24) is 4.98 Å². The van der Waals surface area contributed by atoms with Crippen LogP contribution >= 0.6 is 0 Å². The monoisotopic (exact) mass is 278 g/mol. The maximum Gasteiger partial charge on any atom is 0.233 e. The first kappa shape index (κ1) is 12.6. The van der Waals surface area contributed by atoms with Crippen molar-refractivity contribution in [2.75, 3.05) is 11.4 Å². The molecule has 0 radical (unpaired) electrons. The summed E-state index contributed by atoms with van der Waals surface area (Å²) >= 11 is 0. The van der Waals surface area contributed by atoms with Crippen LogP contribution in [-0.4, -0.2) is 17.4 Å². The van der Waals surface area contributed by atoms with Gasteiger partial charge >= 0.3 is 0 Å². The molecular weight excluding hydrogens is 260 g/mol. The van der Waals surface area contributed by atoms with Gasteiger partial charge in [-0.1, -0.05) is 36.8 Å². The molecule has 3 nitrogen and oxygen atoms in total. The fourth-order valence-corrected chi connectivity index (χ4v) is 3.15. The molecule has 0 saturated heterocycles. The summed E-state index contributed by atoms with van der Waals surface area (Å²) in [6.45, 7) is 0.867. The number of fused-ring (bicyclic) bond motifs is 1. The number of benzene rings is 1. The third-order valence-electron chi connectivity index (χ3n) is 4.63. The summed E-state index contributed by atoms with van der Waals surface area (Å²) < 4.78 is 0.